The summed E-state index contributed by atoms with van der Waals surface area (Å²) in [5.74, 6) is 0.0651. The molecule has 0 spiro atoms. The highest BCUT2D eigenvalue weighted by Gasteiger charge is 2.29. The van der Waals surface area contributed by atoms with Gasteiger partial charge in [0.1, 0.15) is 16.9 Å². The van der Waals surface area contributed by atoms with E-state index >= 15 is 0 Å². The highest BCUT2D eigenvalue weighted by molar-refractivity contribution is 6.08. The lowest BCUT2D eigenvalue weighted by atomic mass is 9.95. The van der Waals surface area contributed by atoms with Crippen molar-refractivity contribution >= 4 is 34.0 Å². The molecule has 0 amide bonds. The van der Waals surface area contributed by atoms with Crippen LogP contribution in [-0.2, 0) is 4.74 Å². The van der Waals surface area contributed by atoms with E-state index in [4.69, 9.17) is 20.4 Å². The van der Waals surface area contributed by atoms with Crippen molar-refractivity contribution in [2.75, 3.05) is 12.3 Å². The average Bonchev–Trinajstić information content (AvgIpc) is 3.05. The van der Waals surface area contributed by atoms with Crippen LogP contribution in [0.5, 0.6) is 0 Å². The molecule has 0 unspecified atom stereocenters. The van der Waals surface area contributed by atoms with E-state index in [0.29, 0.717) is 29.2 Å². The zero-order valence-corrected chi connectivity index (χ0v) is 17.9. The minimum absolute atomic E-state index is 0.257. The number of benzene rings is 1. The summed E-state index contributed by atoms with van der Waals surface area (Å²) in [5.41, 5.74) is 9.78. The van der Waals surface area contributed by atoms with Gasteiger partial charge in [-0.05, 0) is 31.4 Å². The lowest BCUT2D eigenvalue weighted by molar-refractivity contribution is 0.0501. The van der Waals surface area contributed by atoms with Gasteiger partial charge in [-0.1, -0.05) is 64.0 Å². The van der Waals surface area contributed by atoms with Crippen molar-refractivity contribution in [1.82, 2.24) is 14.5 Å². The SMILES string of the molecule is CCCCCCCOC(=O)c1c(N)n(C2CCCCC2)c2nc3ccccc3nc12. The van der Waals surface area contributed by atoms with E-state index in [1.807, 2.05) is 28.8 Å². The standard InChI is InChI=1S/C24H32N4O2/c1-2-3-4-5-11-16-30-24(29)20-21-23(27-19-15-10-9-14-18(19)26-21)28(22(20)25)17-12-7-6-8-13-17/h9-10,14-15,17H,2-8,11-13,16,25H2,1H3. The molecule has 2 N–H and O–H groups in total. The molecular formula is C24H32N4O2. The molecule has 2 aromatic heterocycles. The molecule has 1 saturated carbocycles. The van der Waals surface area contributed by atoms with Crippen molar-refractivity contribution in [1.29, 1.82) is 0 Å². The quantitative estimate of drug-likeness (QED) is 0.376. The first-order chi connectivity index (χ1) is 14.7. The molecule has 1 fully saturated rings. The highest BCUT2D eigenvalue weighted by atomic mass is 16.5. The molecule has 6 heteroatoms. The zero-order chi connectivity index (χ0) is 20.9. The average molecular weight is 409 g/mol. The summed E-state index contributed by atoms with van der Waals surface area (Å²) in [7, 11) is 0. The summed E-state index contributed by atoms with van der Waals surface area (Å²) in [6.45, 7) is 2.61. The normalized spacial score (nSPS) is 15.1. The lowest BCUT2D eigenvalue weighted by Crippen LogP contribution is -2.16. The molecule has 3 aromatic rings. The number of fused-ring (bicyclic) bond motifs is 2. The number of unbranched alkanes of at least 4 members (excludes halogenated alkanes) is 4. The minimum Gasteiger partial charge on any atom is -0.462 e. The van der Waals surface area contributed by atoms with Gasteiger partial charge in [-0.25, -0.2) is 14.8 Å². The van der Waals surface area contributed by atoms with Crippen LogP contribution in [0.3, 0.4) is 0 Å². The van der Waals surface area contributed by atoms with E-state index < -0.39 is 0 Å². The van der Waals surface area contributed by atoms with E-state index in [2.05, 4.69) is 6.92 Å². The fraction of sp³-hybridized carbons (Fsp3) is 0.542. The summed E-state index contributed by atoms with van der Waals surface area (Å²) in [6.07, 6.45) is 11.2. The third-order valence-electron chi connectivity index (χ3n) is 6.16. The van der Waals surface area contributed by atoms with Crippen LogP contribution in [0.2, 0.25) is 0 Å². The third kappa shape index (κ3) is 4.13. The monoisotopic (exact) mass is 408 g/mol. The van der Waals surface area contributed by atoms with Crippen molar-refractivity contribution in [3.63, 3.8) is 0 Å². The first-order valence-electron chi connectivity index (χ1n) is 11.4. The molecule has 4 rings (SSSR count). The predicted octanol–water partition coefficient (Wildman–Crippen LogP) is 5.80. The molecule has 1 aromatic carbocycles. The van der Waals surface area contributed by atoms with Crippen LogP contribution in [-0.4, -0.2) is 27.1 Å². The van der Waals surface area contributed by atoms with E-state index in [9.17, 15) is 4.79 Å². The van der Waals surface area contributed by atoms with Gasteiger partial charge in [0.15, 0.2) is 5.65 Å². The van der Waals surface area contributed by atoms with Gasteiger partial charge in [-0.15, -0.1) is 0 Å². The summed E-state index contributed by atoms with van der Waals surface area (Å²) in [6, 6.07) is 8.00. The Morgan fingerprint density at radius 1 is 1.07 bits per heavy atom. The molecule has 2 heterocycles. The van der Waals surface area contributed by atoms with E-state index in [1.165, 1.54) is 38.5 Å². The highest BCUT2D eigenvalue weighted by Crippen LogP contribution is 2.37. The Kier molecular flexibility index (Phi) is 6.50. The Bertz CT molecular complexity index is 1020. The molecule has 1 aliphatic carbocycles. The summed E-state index contributed by atoms with van der Waals surface area (Å²) in [5, 5.41) is 0. The van der Waals surface area contributed by atoms with Crippen molar-refractivity contribution < 1.29 is 9.53 Å². The van der Waals surface area contributed by atoms with Crippen molar-refractivity contribution in [2.45, 2.75) is 77.2 Å². The van der Waals surface area contributed by atoms with Gasteiger partial charge in [-0.2, -0.15) is 0 Å². The number of carbonyl (C=O) groups is 1. The van der Waals surface area contributed by atoms with Crippen LogP contribution in [0.4, 0.5) is 5.82 Å². The Morgan fingerprint density at radius 2 is 1.77 bits per heavy atom. The second-order valence-corrected chi connectivity index (χ2v) is 8.36. The van der Waals surface area contributed by atoms with Crippen LogP contribution in [0.1, 0.15) is 87.5 Å². The van der Waals surface area contributed by atoms with Gasteiger partial charge < -0.3 is 15.0 Å². The summed E-state index contributed by atoms with van der Waals surface area (Å²) in [4.78, 5) is 22.7. The van der Waals surface area contributed by atoms with Gasteiger partial charge in [-0.3, -0.25) is 0 Å². The minimum atomic E-state index is -0.382. The first kappa shape index (κ1) is 20.6. The number of nitrogens with zero attached hydrogens (tertiary/aromatic N) is 3. The van der Waals surface area contributed by atoms with Crippen LogP contribution in [0.25, 0.3) is 22.2 Å². The number of para-hydroxylation sites is 2. The fourth-order valence-corrected chi connectivity index (χ4v) is 4.54. The lowest BCUT2D eigenvalue weighted by Gasteiger charge is -2.24. The fourth-order valence-electron chi connectivity index (χ4n) is 4.54. The maximum atomic E-state index is 13.0. The van der Waals surface area contributed by atoms with Gasteiger partial charge in [0.05, 0.1) is 17.6 Å². The molecule has 0 saturated heterocycles. The van der Waals surface area contributed by atoms with E-state index in [-0.39, 0.29) is 12.0 Å². The maximum Gasteiger partial charge on any atom is 0.344 e. The molecule has 0 radical (unpaired) electrons. The third-order valence-corrected chi connectivity index (χ3v) is 6.16. The number of anilines is 1. The maximum absolute atomic E-state index is 13.0. The molecular weight excluding hydrogens is 376 g/mol. The number of rotatable bonds is 8. The second-order valence-electron chi connectivity index (χ2n) is 8.36. The van der Waals surface area contributed by atoms with Crippen molar-refractivity contribution in [3.8, 4) is 0 Å². The summed E-state index contributed by atoms with van der Waals surface area (Å²) >= 11 is 0. The van der Waals surface area contributed by atoms with Crippen LogP contribution in [0.15, 0.2) is 24.3 Å². The van der Waals surface area contributed by atoms with Crippen molar-refractivity contribution in [2.24, 2.45) is 0 Å². The number of carbonyl (C=O) groups excluding carboxylic acids is 1. The second kappa shape index (κ2) is 9.45. The molecule has 30 heavy (non-hydrogen) atoms. The predicted molar refractivity (Wildman–Crippen MR) is 121 cm³/mol. The van der Waals surface area contributed by atoms with Gasteiger partial charge in [0, 0.05) is 6.04 Å². The largest absolute Gasteiger partial charge is 0.462 e. The molecule has 1 aliphatic rings. The van der Waals surface area contributed by atoms with Gasteiger partial charge >= 0.3 is 5.97 Å². The van der Waals surface area contributed by atoms with Crippen molar-refractivity contribution in [3.05, 3.63) is 29.8 Å². The number of hydrogen-bond acceptors (Lipinski definition) is 5. The number of hydrogen-bond donors (Lipinski definition) is 1. The number of esters is 1. The Morgan fingerprint density at radius 3 is 2.50 bits per heavy atom. The molecule has 0 aliphatic heterocycles. The van der Waals surface area contributed by atoms with Gasteiger partial charge in [0.25, 0.3) is 0 Å². The van der Waals surface area contributed by atoms with E-state index in [1.54, 1.807) is 0 Å². The number of nitrogens with two attached hydrogens (primary N) is 1. The Hall–Kier alpha value is -2.63. The Labute approximate surface area is 177 Å². The number of nitrogen functional groups attached to an aromatic ring is 1. The molecule has 0 bridgehead atoms. The smallest absolute Gasteiger partial charge is 0.344 e. The summed E-state index contributed by atoms with van der Waals surface area (Å²) < 4.78 is 7.66. The van der Waals surface area contributed by atoms with E-state index in [0.717, 1.165) is 36.7 Å². The molecule has 6 nitrogen and oxygen atoms in total. The Balaban J connectivity index is 1.68. The molecule has 160 valence electrons. The van der Waals surface area contributed by atoms with Crippen LogP contribution >= 0.6 is 0 Å². The molecule has 0 atom stereocenters. The topological polar surface area (TPSA) is 83.0 Å². The number of ether oxygens (including phenoxy) is 1. The van der Waals surface area contributed by atoms with Gasteiger partial charge in [0.2, 0.25) is 0 Å². The van der Waals surface area contributed by atoms with Crippen LogP contribution < -0.4 is 5.73 Å². The van der Waals surface area contributed by atoms with Crippen LogP contribution in [0, 0.1) is 0 Å². The zero-order valence-electron chi connectivity index (χ0n) is 17.9. The first-order valence-corrected chi connectivity index (χ1v) is 11.4. The number of aromatic nitrogens is 3.